The number of aliphatic hydroxyl groups is 1. The van der Waals surface area contributed by atoms with Crippen LogP contribution in [-0.2, 0) is 6.61 Å². The van der Waals surface area contributed by atoms with Crippen LogP contribution in [0.15, 0.2) is 42.6 Å². The average molecular weight is 219 g/mol. The molecule has 0 unspecified atom stereocenters. The Hall–Kier alpha value is -1.94. The molecule has 0 saturated carbocycles. The summed E-state index contributed by atoms with van der Waals surface area (Å²) in [5.74, 6) is -0.150. The Labute approximate surface area is 92.1 Å². The Morgan fingerprint density at radius 3 is 2.75 bits per heavy atom. The topological polar surface area (TPSA) is 42.4 Å². The minimum absolute atomic E-state index is 0.0934. The van der Waals surface area contributed by atoms with Gasteiger partial charge in [-0.05, 0) is 24.3 Å². The number of pyridine rings is 1. The fraction of sp³-hybridized carbons (Fsp3) is 0.0833. The van der Waals surface area contributed by atoms with E-state index in [0.29, 0.717) is 5.56 Å². The van der Waals surface area contributed by atoms with E-state index in [9.17, 15) is 4.39 Å². The molecule has 1 N–H and O–H groups in total. The van der Waals surface area contributed by atoms with Crippen molar-refractivity contribution < 1.29 is 14.2 Å². The molecule has 3 nitrogen and oxygen atoms in total. The van der Waals surface area contributed by atoms with Crippen molar-refractivity contribution in [2.45, 2.75) is 6.61 Å². The van der Waals surface area contributed by atoms with Crippen LogP contribution in [0.3, 0.4) is 0 Å². The summed E-state index contributed by atoms with van der Waals surface area (Å²) < 4.78 is 18.6. The zero-order valence-electron chi connectivity index (χ0n) is 8.43. The first kappa shape index (κ1) is 10.6. The third-order valence-electron chi connectivity index (χ3n) is 2.06. The Morgan fingerprint density at radius 1 is 1.19 bits per heavy atom. The Kier molecular flexibility index (Phi) is 3.12. The summed E-state index contributed by atoms with van der Waals surface area (Å²) in [5.41, 5.74) is 0.519. The smallest absolute Gasteiger partial charge is 0.224 e. The van der Waals surface area contributed by atoms with E-state index in [0.717, 1.165) is 0 Å². The van der Waals surface area contributed by atoms with Crippen molar-refractivity contribution >= 4 is 0 Å². The van der Waals surface area contributed by atoms with Gasteiger partial charge in [0.05, 0.1) is 6.61 Å². The molecule has 0 radical (unpaired) electrons. The standard InChI is InChI=1S/C12H10FNO2/c13-10-5-1-2-6-11(10)16-12-9(8-15)4-3-7-14-12/h1-7,15H,8H2. The SMILES string of the molecule is OCc1cccnc1Oc1ccccc1F. The first-order chi connectivity index (χ1) is 7.81. The molecular weight excluding hydrogens is 209 g/mol. The van der Waals surface area contributed by atoms with Crippen LogP contribution in [0, 0.1) is 5.82 Å². The highest BCUT2D eigenvalue weighted by atomic mass is 19.1. The van der Waals surface area contributed by atoms with Crippen molar-refractivity contribution in [3.8, 4) is 11.6 Å². The fourth-order valence-corrected chi connectivity index (χ4v) is 1.27. The number of rotatable bonds is 3. The second kappa shape index (κ2) is 4.72. The van der Waals surface area contributed by atoms with Crippen molar-refractivity contribution in [1.82, 2.24) is 4.98 Å². The van der Waals surface area contributed by atoms with Crippen LogP contribution in [-0.4, -0.2) is 10.1 Å². The maximum atomic E-state index is 13.3. The molecule has 2 aromatic rings. The lowest BCUT2D eigenvalue weighted by atomic mass is 10.3. The summed E-state index contributed by atoms with van der Waals surface area (Å²) in [4.78, 5) is 3.94. The summed E-state index contributed by atoms with van der Waals surface area (Å²) in [6.07, 6.45) is 1.52. The van der Waals surface area contributed by atoms with Gasteiger partial charge in [0.2, 0.25) is 5.88 Å². The third-order valence-corrected chi connectivity index (χ3v) is 2.06. The molecular formula is C12H10FNO2. The van der Waals surface area contributed by atoms with Crippen LogP contribution in [0.4, 0.5) is 4.39 Å². The van der Waals surface area contributed by atoms with Gasteiger partial charge in [-0.1, -0.05) is 12.1 Å². The first-order valence-electron chi connectivity index (χ1n) is 4.78. The molecule has 0 aliphatic rings. The number of hydrogen-bond donors (Lipinski definition) is 1. The summed E-state index contributed by atoms with van der Waals surface area (Å²) in [6.45, 7) is -0.197. The van der Waals surface area contributed by atoms with E-state index >= 15 is 0 Å². The van der Waals surface area contributed by atoms with E-state index in [2.05, 4.69) is 4.98 Å². The van der Waals surface area contributed by atoms with Gasteiger partial charge < -0.3 is 9.84 Å². The lowest BCUT2D eigenvalue weighted by molar-refractivity contribution is 0.274. The predicted octanol–water partition coefficient (Wildman–Crippen LogP) is 2.51. The number of hydrogen-bond acceptors (Lipinski definition) is 3. The van der Waals surface area contributed by atoms with Gasteiger partial charge in [-0.25, -0.2) is 9.37 Å². The summed E-state index contributed by atoms with van der Waals surface area (Å²) in [7, 11) is 0. The van der Waals surface area contributed by atoms with Crippen molar-refractivity contribution in [1.29, 1.82) is 0 Å². The van der Waals surface area contributed by atoms with E-state index in [-0.39, 0.29) is 18.2 Å². The highest BCUT2D eigenvalue weighted by Crippen LogP contribution is 2.24. The van der Waals surface area contributed by atoms with Crippen LogP contribution in [0.25, 0.3) is 0 Å². The van der Waals surface area contributed by atoms with E-state index in [1.807, 2.05) is 0 Å². The maximum absolute atomic E-state index is 13.3. The minimum Gasteiger partial charge on any atom is -0.436 e. The Balaban J connectivity index is 2.30. The summed E-state index contributed by atoms with van der Waals surface area (Å²) in [6, 6.07) is 9.40. The first-order valence-corrected chi connectivity index (χ1v) is 4.78. The number of aliphatic hydroxyl groups excluding tert-OH is 1. The minimum atomic E-state index is -0.461. The van der Waals surface area contributed by atoms with Crippen LogP contribution in [0.5, 0.6) is 11.6 Å². The molecule has 0 bridgehead atoms. The Bertz CT molecular complexity index is 488. The third kappa shape index (κ3) is 2.17. The number of ether oxygens (including phenoxy) is 1. The largest absolute Gasteiger partial charge is 0.436 e. The molecule has 82 valence electrons. The van der Waals surface area contributed by atoms with Gasteiger partial charge in [-0.2, -0.15) is 0 Å². The van der Waals surface area contributed by atoms with Gasteiger partial charge in [0, 0.05) is 11.8 Å². The lowest BCUT2D eigenvalue weighted by Crippen LogP contribution is -1.95. The molecule has 1 aromatic heterocycles. The lowest BCUT2D eigenvalue weighted by Gasteiger charge is -2.08. The fourth-order valence-electron chi connectivity index (χ4n) is 1.27. The summed E-state index contributed by atoms with van der Waals surface area (Å²) in [5, 5.41) is 9.05. The molecule has 1 heterocycles. The summed E-state index contributed by atoms with van der Waals surface area (Å²) >= 11 is 0. The molecule has 4 heteroatoms. The van der Waals surface area contributed by atoms with Gasteiger partial charge in [0.1, 0.15) is 0 Å². The second-order valence-corrected chi connectivity index (χ2v) is 3.16. The number of aromatic nitrogens is 1. The molecule has 16 heavy (non-hydrogen) atoms. The van der Waals surface area contributed by atoms with Gasteiger partial charge in [0.25, 0.3) is 0 Å². The van der Waals surface area contributed by atoms with Crippen LogP contribution >= 0.6 is 0 Å². The van der Waals surface area contributed by atoms with Crippen molar-refractivity contribution in [3.05, 3.63) is 54.0 Å². The predicted molar refractivity (Wildman–Crippen MR) is 56.6 cm³/mol. The maximum Gasteiger partial charge on any atom is 0.224 e. The van der Waals surface area contributed by atoms with Gasteiger partial charge >= 0.3 is 0 Å². The molecule has 0 aliphatic heterocycles. The molecule has 0 spiro atoms. The second-order valence-electron chi connectivity index (χ2n) is 3.16. The Morgan fingerprint density at radius 2 is 2.00 bits per heavy atom. The van der Waals surface area contributed by atoms with Gasteiger partial charge in [-0.3, -0.25) is 0 Å². The molecule has 0 saturated heterocycles. The van der Waals surface area contributed by atoms with Crippen LogP contribution in [0.1, 0.15) is 5.56 Å². The van der Waals surface area contributed by atoms with Crippen molar-refractivity contribution in [3.63, 3.8) is 0 Å². The molecule has 0 aliphatic carbocycles. The van der Waals surface area contributed by atoms with E-state index in [1.54, 1.807) is 24.3 Å². The molecule has 0 fully saturated rings. The number of halogens is 1. The van der Waals surface area contributed by atoms with Gasteiger partial charge in [-0.15, -0.1) is 0 Å². The van der Waals surface area contributed by atoms with E-state index in [4.69, 9.17) is 9.84 Å². The zero-order valence-corrected chi connectivity index (χ0v) is 8.43. The highest BCUT2D eigenvalue weighted by Gasteiger charge is 2.07. The number of benzene rings is 1. The van der Waals surface area contributed by atoms with E-state index in [1.165, 1.54) is 18.3 Å². The van der Waals surface area contributed by atoms with Crippen molar-refractivity contribution in [2.24, 2.45) is 0 Å². The number of para-hydroxylation sites is 1. The molecule has 0 atom stereocenters. The van der Waals surface area contributed by atoms with Crippen molar-refractivity contribution in [2.75, 3.05) is 0 Å². The van der Waals surface area contributed by atoms with E-state index < -0.39 is 5.82 Å². The van der Waals surface area contributed by atoms with Crippen LogP contribution in [0.2, 0.25) is 0 Å². The molecule has 0 amide bonds. The monoisotopic (exact) mass is 219 g/mol. The van der Waals surface area contributed by atoms with Crippen LogP contribution < -0.4 is 4.74 Å². The average Bonchev–Trinajstić information content (AvgIpc) is 2.33. The van der Waals surface area contributed by atoms with Gasteiger partial charge in [0.15, 0.2) is 11.6 Å². The highest BCUT2D eigenvalue weighted by molar-refractivity contribution is 5.32. The quantitative estimate of drug-likeness (QED) is 0.862. The molecule has 2 rings (SSSR count). The normalized spacial score (nSPS) is 10.1. The number of nitrogens with zero attached hydrogens (tertiary/aromatic N) is 1. The zero-order chi connectivity index (χ0) is 11.4. The molecule has 1 aromatic carbocycles.